The van der Waals surface area contributed by atoms with Crippen molar-refractivity contribution >= 4 is 11.8 Å². The van der Waals surface area contributed by atoms with E-state index in [4.69, 9.17) is 5.73 Å². The maximum Gasteiger partial charge on any atom is 0.205 e. The molecule has 1 fully saturated rings. The van der Waals surface area contributed by atoms with Crippen LogP contribution in [0, 0.1) is 0 Å². The van der Waals surface area contributed by atoms with Crippen molar-refractivity contribution in [3.63, 3.8) is 0 Å². The zero-order valence-corrected chi connectivity index (χ0v) is 8.12. The molecule has 4 heteroatoms. The van der Waals surface area contributed by atoms with Gasteiger partial charge in [0.05, 0.1) is 0 Å². The Hall–Kier alpha value is -1.19. The number of nitrogens with two attached hydrogens (primary N) is 1. The number of imidazole rings is 1. The molecule has 1 aliphatic carbocycles. The minimum absolute atomic E-state index is 0.408. The highest BCUT2D eigenvalue weighted by Gasteiger charge is 2.23. The van der Waals surface area contributed by atoms with Crippen LogP contribution in [0.4, 0.5) is 11.8 Å². The summed E-state index contributed by atoms with van der Waals surface area (Å²) in [5.41, 5.74) is 5.64. The van der Waals surface area contributed by atoms with Crippen molar-refractivity contribution in [2.45, 2.75) is 38.8 Å². The number of nitrogen functional groups attached to an aromatic ring is 1. The Bertz CT molecular complexity index is 299. The summed E-state index contributed by atoms with van der Waals surface area (Å²) >= 11 is 0. The molecule has 0 spiro atoms. The van der Waals surface area contributed by atoms with Crippen LogP contribution in [0.3, 0.4) is 0 Å². The summed E-state index contributed by atoms with van der Waals surface area (Å²) in [5, 5.41) is 3.36. The number of rotatable bonds is 3. The highest BCUT2D eigenvalue weighted by molar-refractivity contribution is 5.40. The van der Waals surface area contributed by atoms with Crippen molar-refractivity contribution in [3.8, 4) is 0 Å². The second-order valence-electron chi connectivity index (χ2n) is 3.91. The lowest BCUT2D eigenvalue weighted by Gasteiger charge is -2.11. The third-order valence-corrected chi connectivity index (χ3v) is 2.22. The monoisotopic (exact) mass is 180 g/mol. The van der Waals surface area contributed by atoms with Crippen LogP contribution >= 0.6 is 0 Å². The van der Waals surface area contributed by atoms with Gasteiger partial charge in [0.15, 0.2) is 0 Å². The summed E-state index contributed by atoms with van der Waals surface area (Å²) in [6.07, 6.45) is 4.39. The van der Waals surface area contributed by atoms with Crippen molar-refractivity contribution in [1.82, 2.24) is 9.55 Å². The summed E-state index contributed by atoms with van der Waals surface area (Å²) in [6, 6.07) is 1.03. The van der Waals surface area contributed by atoms with E-state index in [1.807, 2.05) is 6.20 Å². The number of hydrogen-bond donors (Lipinski definition) is 2. The molecule has 0 amide bonds. The quantitative estimate of drug-likeness (QED) is 0.743. The van der Waals surface area contributed by atoms with Gasteiger partial charge >= 0.3 is 0 Å². The fourth-order valence-electron chi connectivity index (χ4n) is 1.32. The van der Waals surface area contributed by atoms with E-state index < -0.39 is 0 Å². The van der Waals surface area contributed by atoms with Crippen LogP contribution in [-0.4, -0.2) is 15.6 Å². The third-order valence-electron chi connectivity index (χ3n) is 2.22. The Labute approximate surface area is 78.1 Å². The largest absolute Gasteiger partial charge is 0.382 e. The van der Waals surface area contributed by atoms with Crippen molar-refractivity contribution in [2.24, 2.45) is 0 Å². The van der Waals surface area contributed by atoms with E-state index in [1.165, 1.54) is 12.8 Å². The van der Waals surface area contributed by atoms with Gasteiger partial charge in [0.1, 0.15) is 5.82 Å². The highest BCUT2D eigenvalue weighted by Crippen LogP contribution is 2.26. The molecule has 0 bridgehead atoms. The topological polar surface area (TPSA) is 55.9 Å². The van der Waals surface area contributed by atoms with Gasteiger partial charge in [-0.15, -0.1) is 0 Å². The minimum Gasteiger partial charge on any atom is -0.382 e. The molecule has 1 aliphatic rings. The Balaban J connectivity index is 2.19. The average Bonchev–Trinajstić information content (AvgIpc) is 2.75. The van der Waals surface area contributed by atoms with Gasteiger partial charge in [-0.3, -0.25) is 0 Å². The van der Waals surface area contributed by atoms with Gasteiger partial charge in [-0.25, -0.2) is 0 Å². The molecule has 13 heavy (non-hydrogen) atoms. The maximum atomic E-state index is 5.64. The van der Waals surface area contributed by atoms with Crippen LogP contribution in [0.1, 0.15) is 32.7 Å². The van der Waals surface area contributed by atoms with E-state index in [2.05, 4.69) is 28.7 Å². The van der Waals surface area contributed by atoms with Crippen LogP contribution in [-0.2, 0) is 0 Å². The first-order valence-electron chi connectivity index (χ1n) is 4.77. The van der Waals surface area contributed by atoms with E-state index in [1.54, 1.807) is 0 Å². The van der Waals surface area contributed by atoms with Gasteiger partial charge in [-0.05, 0) is 26.7 Å². The van der Waals surface area contributed by atoms with Crippen molar-refractivity contribution in [3.05, 3.63) is 6.20 Å². The summed E-state index contributed by atoms with van der Waals surface area (Å²) in [6.45, 7) is 4.25. The smallest absolute Gasteiger partial charge is 0.205 e. The molecule has 0 unspecified atom stereocenters. The lowest BCUT2D eigenvalue weighted by molar-refractivity contribution is 0.604. The zero-order valence-electron chi connectivity index (χ0n) is 8.12. The molecule has 1 heterocycles. The van der Waals surface area contributed by atoms with Crippen LogP contribution in [0.25, 0.3) is 0 Å². The van der Waals surface area contributed by atoms with Gasteiger partial charge in [0, 0.05) is 18.3 Å². The van der Waals surface area contributed by atoms with Gasteiger partial charge in [0.25, 0.3) is 0 Å². The fraction of sp³-hybridized carbons (Fsp3) is 0.667. The van der Waals surface area contributed by atoms with Crippen LogP contribution < -0.4 is 11.1 Å². The Morgan fingerprint density at radius 3 is 2.85 bits per heavy atom. The molecule has 0 aromatic carbocycles. The van der Waals surface area contributed by atoms with Gasteiger partial charge in [0.2, 0.25) is 5.95 Å². The van der Waals surface area contributed by atoms with E-state index in [0.29, 0.717) is 17.9 Å². The molecule has 3 N–H and O–H groups in total. The van der Waals surface area contributed by atoms with Crippen molar-refractivity contribution in [2.75, 3.05) is 11.1 Å². The Morgan fingerprint density at radius 2 is 2.31 bits per heavy atom. The second-order valence-corrected chi connectivity index (χ2v) is 3.91. The van der Waals surface area contributed by atoms with Gasteiger partial charge in [-0.2, -0.15) is 4.98 Å². The Morgan fingerprint density at radius 1 is 1.62 bits per heavy atom. The molecule has 0 aliphatic heterocycles. The fourth-order valence-corrected chi connectivity index (χ4v) is 1.32. The van der Waals surface area contributed by atoms with E-state index in [0.717, 1.165) is 5.95 Å². The first kappa shape index (κ1) is 8.41. The first-order chi connectivity index (χ1) is 6.16. The maximum absolute atomic E-state index is 5.64. The summed E-state index contributed by atoms with van der Waals surface area (Å²) < 4.78 is 2.08. The first-order valence-corrected chi connectivity index (χ1v) is 4.77. The molecule has 0 saturated heterocycles. The molecule has 72 valence electrons. The van der Waals surface area contributed by atoms with Gasteiger partial charge in [-0.1, -0.05) is 0 Å². The predicted molar refractivity (Wildman–Crippen MR) is 53.7 cm³/mol. The molecular weight excluding hydrogens is 164 g/mol. The molecule has 1 aromatic heterocycles. The van der Waals surface area contributed by atoms with Crippen LogP contribution in [0.5, 0.6) is 0 Å². The van der Waals surface area contributed by atoms with E-state index in [9.17, 15) is 0 Å². The van der Waals surface area contributed by atoms with E-state index >= 15 is 0 Å². The standard InChI is InChI=1S/C9H16N4/c1-6(2)13-5-8(10)12-9(13)11-7-3-4-7/h5-7H,3-4,10H2,1-2H3,(H,11,12). The van der Waals surface area contributed by atoms with Crippen LogP contribution in [0.2, 0.25) is 0 Å². The molecule has 1 aromatic rings. The van der Waals surface area contributed by atoms with Gasteiger partial charge < -0.3 is 15.6 Å². The van der Waals surface area contributed by atoms with Crippen LogP contribution in [0.15, 0.2) is 6.20 Å². The Kier molecular flexibility index (Phi) is 1.90. The summed E-state index contributed by atoms with van der Waals surface area (Å²) in [4.78, 5) is 4.24. The molecule has 0 atom stereocenters. The molecule has 2 rings (SSSR count). The summed E-state index contributed by atoms with van der Waals surface area (Å²) in [7, 11) is 0. The number of anilines is 2. The van der Waals surface area contributed by atoms with E-state index in [-0.39, 0.29) is 0 Å². The highest BCUT2D eigenvalue weighted by atomic mass is 15.2. The number of aromatic nitrogens is 2. The lowest BCUT2D eigenvalue weighted by atomic mass is 10.4. The molecule has 0 radical (unpaired) electrons. The average molecular weight is 180 g/mol. The van der Waals surface area contributed by atoms with Crippen molar-refractivity contribution < 1.29 is 0 Å². The number of nitrogens with one attached hydrogen (secondary N) is 1. The number of hydrogen-bond acceptors (Lipinski definition) is 3. The zero-order chi connectivity index (χ0) is 9.42. The number of nitrogens with zero attached hydrogens (tertiary/aromatic N) is 2. The predicted octanol–water partition coefficient (Wildman–Crippen LogP) is 1.62. The molecular formula is C9H16N4. The lowest BCUT2D eigenvalue weighted by Crippen LogP contribution is -2.10. The normalized spacial score (nSPS) is 16.5. The van der Waals surface area contributed by atoms with Crippen molar-refractivity contribution in [1.29, 1.82) is 0 Å². The molecule has 1 saturated carbocycles. The molecule has 4 nitrogen and oxygen atoms in total. The SMILES string of the molecule is CC(C)n1cc(N)nc1NC1CC1. The third kappa shape index (κ3) is 1.76. The second kappa shape index (κ2) is 2.94. The minimum atomic E-state index is 0.408. The summed E-state index contributed by atoms with van der Waals surface area (Å²) in [5.74, 6) is 1.51.